The van der Waals surface area contributed by atoms with Gasteiger partial charge in [-0.15, -0.1) is 0 Å². The highest BCUT2D eigenvalue weighted by Crippen LogP contribution is 2.44. The number of ketones is 1. The number of fused-ring (bicyclic) bond motifs is 1. The maximum Gasteiger partial charge on any atom is 0.301 e. The number of aliphatic hydroxyl groups is 1. The largest absolute Gasteiger partial charge is 0.507 e. The molecule has 1 fully saturated rings. The quantitative estimate of drug-likeness (QED) is 0.178. The molecule has 1 N–H and O–H groups in total. The molecular formula is C29H25FN2O4S. The normalized spacial score (nSPS) is 17.2. The van der Waals surface area contributed by atoms with Crippen LogP contribution < -0.4 is 9.64 Å². The Morgan fingerprint density at radius 3 is 2.43 bits per heavy atom. The molecule has 3 aromatic carbocycles. The molecule has 0 aliphatic carbocycles. The number of anilines is 1. The van der Waals surface area contributed by atoms with E-state index in [0.29, 0.717) is 34.5 Å². The first-order valence-electron chi connectivity index (χ1n) is 12.0. The fourth-order valence-corrected chi connectivity index (χ4v) is 5.44. The van der Waals surface area contributed by atoms with Crippen LogP contribution in [0.5, 0.6) is 5.75 Å². The van der Waals surface area contributed by atoms with Crippen LogP contribution in [0.1, 0.15) is 49.4 Å². The van der Waals surface area contributed by atoms with Crippen molar-refractivity contribution in [2.75, 3.05) is 11.5 Å². The van der Waals surface area contributed by atoms with Crippen molar-refractivity contribution >= 4 is 44.1 Å². The number of aliphatic hydroxyl groups excluding tert-OH is 1. The van der Waals surface area contributed by atoms with E-state index in [0.717, 1.165) is 10.3 Å². The van der Waals surface area contributed by atoms with Crippen molar-refractivity contribution in [2.24, 2.45) is 0 Å². The summed E-state index contributed by atoms with van der Waals surface area (Å²) in [5.74, 6) is -1.47. The Morgan fingerprint density at radius 1 is 1.08 bits per heavy atom. The molecule has 1 aromatic heterocycles. The third-order valence-electron chi connectivity index (χ3n) is 6.35. The first-order valence-corrected chi connectivity index (χ1v) is 12.8. The highest BCUT2D eigenvalue weighted by molar-refractivity contribution is 7.22. The molecule has 0 spiro atoms. The van der Waals surface area contributed by atoms with Crippen LogP contribution in [-0.2, 0) is 9.59 Å². The number of amides is 1. The Balaban J connectivity index is 1.68. The summed E-state index contributed by atoms with van der Waals surface area (Å²) in [7, 11) is 0. The third-order valence-corrected chi connectivity index (χ3v) is 7.36. The predicted molar refractivity (Wildman–Crippen MR) is 143 cm³/mol. The number of carbonyl (C=O) groups is 2. The second-order valence-corrected chi connectivity index (χ2v) is 10.1. The van der Waals surface area contributed by atoms with Crippen LogP contribution in [0, 0.1) is 5.82 Å². The van der Waals surface area contributed by atoms with Gasteiger partial charge in [0.1, 0.15) is 17.3 Å². The molecule has 0 unspecified atom stereocenters. The third kappa shape index (κ3) is 4.49. The summed E-state index contributed by atoms with van der Waals surface area (Å²) in [6.07, 6.45) is 0. The highest BCUT2D eigenvalue weighted by Gasteiger charge is 2.48. The topological polar surface area (TPSA) is 79.7 Å². The fraction of sp³-hybridized carbons (Fsp3) is 0.207. The van der Waals surface area contributed by atoms with Crippen molar-refractivity contribution in [2.45, 2.75) is 32.7 Å². The standard InChI is InChI=1S/C29H25FN2O4S/c1-4-36-21-13-14-22-23(15-21)37-29(31-22)32-25(18-7-5-17(6-8-18)16(2)3)24(27(34)28(32)35)26(33)19-9-11-20(30)12-10-19/h5-16,25,33H,4H2,1-3H3/t25-/m0/s1. The van der Waals surface area contributed by atoms with Crippen molar-refractivity contribution < 1.29 is 23.8 Å². The van der Waals surface area contributed by atoms with E-state index in [-0.39, 0.29) is 16.9 Å². The lowest BCUT2D eigenvalue weighted by Crippen LogP contribution is -2.29. The van der Waals surface area contributed by atoms with E-state index in [1.165, 1.54) is 40.5 Å². The van der Waals surface area contributed by atoms with Crippen molar-refractivity contribution in [3.05, 3.63) is 94.8 Å². The number of carbonyl (C=O) groups excluding carboxylic acids is 2. The zero-order valence-corrected chi connectivity index (χ0v) is 21.4. The van der Waals surface area contributed by atoms with Gasteiger partial charge in [0, 0.05) is 5.56 Å². The summed E-state index contributed by atoms with van der Waals surface area (Å²) >= 11 is 1.27. The number of Topliss-reactive ketones (excluding diaryl/α,β-unsaturated/α-hetero) is 1. The second-order valence-electron chi connectivity index (χ2n) is 9.06. The van der Waals surface area contributed by atoms with E-state index in [2.05, 4.69) is 18.8 Å². The van der Waals surface area contributed by atoms with E-state index in [1.54, 1.807) is 6.07 Å². The second kappa shape index (κ2) is 9.78. The summed E-state index contributed by atoms with van der Waals surface area (Å²) in [5, 5.41) is 11.5. The van der Waals surface area contributed by atoms with Crippen molar-refractivity contribution in [1.29, 1.82) is 0 Å². The maximum absolute atomic E-state index is 13.5. The van der Waals surface area contributed by atoms with Gasteiger partial charge in [-0.25, -0.2) is 9.37 Å². The van der Waals surface area contributed by atoms with Gasteiger partial charge in [0.15, 0.2) is 5.13 Å². The van der Waals surface area contributed by atoms with E-state index in [1.807, 2.05) is 43.3 Å². The van der Waals surface area contributed by atoms with Gasteiger partial charge in [-0.3, -0.25) is 14.5 Å². The van der Waals surface area contributed by atoms with Gasteiger partial charge in [-0.2, -0.15) is 0 Å². The summed E-state index contributed by atoms with van der Waals surface area (Å²) in [6, 6.07) is 17.3. The molecule has 8 heteroatoms. The minimum absolute atomic E-state index is 0.0665. The first-order chi connectivity index (χ1) is 17.8. The molecule has 4 aromatic rings. The molecule has 0 bridgehead atoms. The predicted octanol–water partition coefficient (Wildman–Crippen LogP) is 6.58. The minimum Gasteiger partial charge on any atom is -0.507 e. The molecule has 6 nitrogen and oxygen atoms in total. The Kier molecular flexibility index (Phi) is 6.52. The molecule has 0 saturated carbocycles. The number of hydrogen-bond donors (Lipinski definition) is 1. The van der Waals surface area contributed by atoms with E-state index < -0.39 is 23.5 Å². The lowest BCUT2D eigenvalue weighted by Gasteiger charge is -2.23. The lowest BCUT2D eigenvalue weighted by molar-refractivity contribution is -0.132. The molecule has 37 heavy (non-hydrogen) atoms. The molecule has 1 amide bonds. The smallest absolute Gasteiger partial charge is 0.301 e. The summed E-state index contributed by atoms with van der Waals surface area (Å²) in [4.78, 5) is 32.8. The van der Waals surface area contributed by atoms with Gasteiger partial charge in [-0.1, -0.05) is 49.4 Å². The Bertz CT molecular complexity index is 1520. The SMILES string of the molecule is CCOc1ccc2nc(N3C(=O)C(=O)C(=C(O)c4ccc(F)cc4)[C@@H]3c3ccc(C(C)C)cc3)sc2c1. The van der Waals surface area contributed by atoms with Gasteiger partial charge < -0.3 is 9.84 Å². The first kappa shape index (κ1) is 24.6. The molecule has 1 aliphatic rings. The molecule has 0 radical (unpaired) electrons. The van der Waals surface area contributed by atoms with Gasteiger partial charge in [0.25, 0.3) is 5.78 Å². The van der Waals surface area contributed by atoms with Crippen LogP contribution in [0.3, 0.4) is 0 Å². The zero-order valence-electron chi connectivity index (χ0n) is 20.6. The number of thiazole rings is 1. The Labute approximate surface area is 217 Å². The van der Waals surface area contributed by atoms with Gasteiger partial charge in [0.2, 0.25) is 0 Å². The zero-order chi connectivity index (χ0) is 26.3. The van der Waals surface area contributed by atoms with Crippen LogP contribution in [0.4, 0.5) is 9.52 Å². The van der Waals surface area contributed by atoms with Gasteiger partial charge in [0.05, 0.1) is 28.4 Å². The van der Waals surface area contributed by atoms with Gasteiger partial charge >= 0.3 is 5.91 Å². The number of aromatic nitrogens is 1. The number of nitrogens with zero attached hydrogens (tertiary/aromatic N) is 2. The fourth-order valence-electron chi connectivity index (χ4n) is 4.42. The Hall–Kier alpha value is -4.04. The molecule has 1 atom stereocenters. The van der Waals surface area contributed by atoms with Crippen molar-refractivity contribution in [3.63, 3.8) is 0 Å². The van der Waals surface area contributed by atoms with Crippen LogP contribution >= 0.6 is 11.3 Å². The number of hydrogen-bond acceptors (Lipinski definition) is 6. The average molecular weight is 517 g/mol. The number of benzene rings is 3. The van der Waals surface area contributed by atoms with E-state index in [4.69, 9.17) is 4.74 Å². The summed E-state index contributed by atoms with van der Waals surface area (Å²) in [6.45, 7) is 6.56. The molecule has 188 valence electrons. The molecular weight excluding hydrogens is 491 g/mol. The maximum atomic E-state index is 13.5. The van der Waals surface area contributed by atoms with Crippen LogP contribution in [-0.4, -0.2) is 28.4 Å². The van der Waals surface area contributed by atoms with Crippen molar-refractivity contribution in [3.8, 4) is 5.75 Å². The number of rotatable bonds is 6. The molecule has 1 saturated heterocycles. The number of ether oxygens (including phenoxy) is 1. The average Bonchev–Trinajstić information content (AvgIpc) is 3.42. The van der Waals surface area contributed by atoms with Crippen LogP contribution in [0.25, 0.3) is 16.0 Å². The highest BCUT2D eigenvalue weighted by atomic mass is 32.1. The van der Waals surface area contributed by atoms with Crippen molar-refractivity contribution in [1.82, 2.24) is 4.98 Å². The number of halogens is 1. The minimum atomic E-state index is -0.904. The Morgan fingerprint density at radius 2 is 1.78 bits per heavy atom. The van der Waals surface area contributed by atoms with E-state index in [9.17, 15) is 19.1 Å². The monoisotopic (exact) mass is 516 g/mol. The van der Waals surface area contributed by atoms with Crippen LogP contribution in [0.2, 0.25) is 0 Å². The molecule has 5 rings (SSSR count). The lowest BCUT2D eigenvalue weighted by atomic mass is 9.93. The van der Waals surface area contributed by atoms with Crippen LogP contribution in [0.15, 0.2) is 72.3 Å². The molecule has 1 aliphatic heterocycles. The summed E-state index contributed by atoms with van der Waals surface area (Å²) < 4.78 is 19.9. The molecule has 2 heterocycles. The summed E-state index contributed by atoms with van der Waals surface area (Å²) in [5.41, 5.74) is 2.60. The van der Waals surface area contributed by atoms with E-state index >= 15 is 0 Å². The van der Waals surface area contributed by atoms with Gasteiger partial charge in [-0.05, 0) is 66.4 Å².